The summed E-state index contributed by atoms with van der Waals surface area (Å²) in [4.78, 5) is 6.89. The molecule has 1 saturated carbocycles. The molecule has 1 atom stereocenters. The number of aryl methyl sites for hydroxylation is 1. The van der Waals surface area contributed by atoms with E-state index in [0.29, 0.717) is 11.6 Å². The summed E-state index contributed by atoms with van der Waals surface area (Å²) in [6, 6.07) is 4.42. The summed E-state index contributed by atoms with van der Waals surface area (Å²) in [5.41, 5.74) is 1.52. The number of hydrogen-bond acceptors (Lipinski definition) is 3. The quantitative estimate of drug-likeness (QED) is 0.904. The molecule has 2 aliphatic rings. The molecule has 4 heteroatoms. The summed E-state index contributed by atoms with van der Waals surface area (Å²) in [7, 11) is 0. The Labute approximate surface area is 114 Å². The van der Waals surface area contributed by atoms with Crippen molar-refractivity contribution in [2.45, 2.75) is 38.9 Å². The van der Waals surface area contributed by atoms with Crippen molar-refractivity contribution in [1.29, 1.82) is 0 Å². The van der Waals surface area contributed by atoms with Crippen LogP contribution in [0, 0.1) is 12.8 Å². The molecule has 104 valence electrons. The normalized spacial score (nSPS) is 23.7. The van der Waals surface area contributed by atoms with Gasteiger partial charge in [0.15, 0.2) is 0 Å². The first kappa shape index (κ1) is 12.9. The van der Waals surface area contributed by atoms with Crippen LogP contribution >= 0.6 is 0 Å². The zero-order chi connectivity index (χ0) is 13.2. The highest BCUT2D eigenvalue weighted by Crippen LogP contribution is 2.34. The number of alkyl halides is 1. The van der Waals surface area contributed by atoms with Crippen molar-refractivity contribution in [3.63, 3.8) is 0 Å². The highest BCUT2D eigenvalue weighted by atomic mass is 19.1. The Balaban J connectivity index is 1.68. The number of piperazine rings is 1. The number of rotatable bonds is 4. The average molecular weight is 263 g/mol. The third-order valence-electron chi connectivity index (χ3n) is 4.22. The Morgan fingerprint density at radius 1 is 1.42 bits per heavy atom. The van der Waals surface area contributed by atoms with Gasteiger partial charge in [0, 0.05) is 36.9 Å². The molecule has 1 aliphatic heterocycles. The SMILES string of the molecule is Cc1nc(N2CCNC(CC3CC3)C2)ccc1CF. The van der Waals surface area contributed by atoms with Crippen LogP contribution in [-0.4, -0.2) is 30.7 Å². The zero-order valence-corrected chi connectivity index (χ0v) is 11.5. The Kier molecular flexibility index (Phi) is 3.69. The van der Waals surface area contributed by atoms with E-state index in [4.69, 9.17) is 0 Å². The van der Waals surface area contributed by atoms with Crippen molar-refractivity contribution in [2.24, 2.45) is 5.92 Å². The maximum Gasteiger partial charge on any atom is 0.128 e. The molecule has 3 rings (SSSR count). The molecule has 3 nitrogen and oxygen atoms in total. The predicted octanol–water partition coefficient (Wildman–Crippen LogP) is 2.44. The monoisotopic (exact) mass is 263 g/mol. The van der Waals surface area contributed by atoms with Crippen LogP contribution in [0.2, 0.25) is 0 Å². The maximum absolute atomic E-state index is 12.7. The first-order valence-electron chi connectivity index (χ1n) is 7.27. The number of nitrogens with zero attached hydrogens (tertiary/aromatic N) is 2. The minimum absolute atomic E-state index is 0.426. The van der Waals surface area contributed by atoms with E-state index in [1.165, 1.54) is 19.3 Å². The van der Waals surface area contributed by atoms with Crippen LogP contribution in [0.4, 0.5) is 10.2 Å². The van der Waals surface area contributed by atoms with E-state index in [0.717, 1.165) is 37.1 Å². The van der Waals surface area contributed by atoms with Crippen molar-refractivity contribution in [3.8, 4) is 0 Å². The topological polar surface area (TPSA) is 28.2 Å². The minimum Gasteiger partial charge on any atom is -0.354 e. The molecule has 0 amide bonds. The summed E-state index contributed by atoms with van der Waals surface area (Å²) in [6.07, 6.45) is 4.10. The molecule has 0 radical (unpaired) electrons. The zero-order valence-electron chi connectivity index (χ0n) is 11.5. The van der Waals surface area contributed by atoms with E-state index in [1.54, 1.807) is 0 Å². The summed E-state index contributed by atoms with van der Waals surface area (Å²) in [6.45, 7) is 4.50. The van der Waals surface area contributed by atoms with E-state index in [9.17, 15) is 4.39 Å². The fourth-order valence-corrected chi connectivity index (χ4v) is 2.84. The Bertz CT molecular complexity index is 445. The van der Waals surface area contributed by atoms with Gasteiger partial charge in [0.05, 0.1) is 0 Å². The Morgan fingerprint density at radius 2 is 2.26 bits per heavy atom. The van der Waals surface area contributed by atoms with Gasteiger partial charge in [-0.2, -0.15) is 0 Å². The fraction of sp³-hybridized carbons (Fsp3) is 0.667. The predicted molar refractivity (Wildman–Crippen MR) is 75.1 cm³/mol. The lowest BCUT2D eigenvalue weighted by molar-refractivity contribution is 0.415. The minimum atomic E-state index is -0.426. The highest BCUT2D eigenvalue weighted by Gasteiger charge is 2.28. The third-order valence-corrected chi connectivity index (χ3v) is 4.22. The molecule has 0 bridgehead atoms. The second kappa shape index (κ2) is 5.45. The van der Waals surface area contributed by atoms with Crippen molar-refractivity contribution in [2.75, 3.05) is 24.5 Å². The van der Waals surface area contributed by atoms with Crippen LogP contribution in [0.25, 0.3) is 0 Å². The summed E-state index contributed by atoms with van der Waals surface area (Å²) in [5.74, 6) is 1.94. The van der Waals surface area contributed by atoms with Crippen molar-refractivity contribution in [1.82, 2.24) is 10.3 Å². The number of pyridine rings is 1. The van der Waals surface area contributed by atoms with E-state index >= 15 is 0 Å². The van der Waals surface area contributed by atoms with Crippen LogP contribution in [-0.2, 0) is 6.67 Å². The maximum atomic E-state index is 12.7. The molecular formula is C15H22FN3. The molecule has 1 N–H and O–H groups in total. The number of aromatic nitrogens is 1. The lowest BCUT2D eigenvalue weighted by Crippen LogP contribution is -2.51. The van der Waals surface area contributed by atoms with E-state index in [2.05, 4.69) is 15.2 Å². The number of anilines is 1. The summed E-state index contributed by atoms with van der Waals surface area (Å²) in [5, 5.41) is 3.60. The molecule has 0 spiro atoms. The number of nitrogens with one attached hydrogen (secondary N) is 1. The lowest BCUT2D eigenvalue weighted by Gasteiger charge is -2.35. The Hall–Kier alpha value is -1.16. The van der Waals surface area contributed by atoms with Gasteiger partial charge in [0.2, 0.25) is 0 Å². The second-order valence-corrected chi connectivity index (χ2v) is 5.82. The lowest BCUT2D eigenvalue weighted by atomic mass is 10.1. The molecule has 19 heavy (non-hydrogen) atoms. The molecule has 1 aromatic rings. The van der Waals surface area contributed by atoms with Gasteiger partial charge < -0.3 is 10.2 Å². The Morgan fingerprint density at radius 3 is 2.95 bits per heavy atom. The largest absolute Gasteiger partial charge is 0.354 e. The molecule has 2 heterocycles. The van der Waals surface area contributed by atoms with E-state index in [1.807, 2.05) is 19.1 Å². The van der Waals surface area contributed by atoms with Gasteiger partial charge in [-0.15, -0.1) is 0 Å². The first-order chi connectivity index (χ1) is 9.26. The number of halogens is 1. The van der Waals surface area contributed by atoms with Crippen LogP contribution in [0.15, 0.2) is 12.1 Å². The first-order valence-corrected chi connectivity index (χ1v) is 7.27. The highest BCUT2D eigenvalue weighted by molar-refractivity contribution is 5.42. The van der Waals surface area contributed by atoms with Gasteiger partial charge in [-0.3, -0.25) is 0 Å². The van der Waals surface area contributed by atoms with Crippen molar-refractivity contribution < 1.29 is 4.39 Å². The third kappa shape index (κ3) is 3.06. The van der Waals surface area contributed by atoms with Gasteiger partial charge in [0.25, 0.3) is 0 Å². The van der Waals surface area contributed by atoms with Crippen LogP contribution in [0.5, 0.6) is 0 Å². The van der Waals surface area contributed by atoms with Crippen molar-refractivity contribution in [3.05, 3.63) is 23.4 Å². The van der Waals surface area contributed by atoms with Crippen LogP contribution < -0.4 is 10.2 Å². The van der Waals surface area contributed by atoms with Gasteiger partial charge >= 0.3 is 0 Å². The van der Waals surface area contributed by atoms with E-state index in [-0.39, 0.29) is 0 Å². The van der Waals surface area contributed by atoms with Crippen LogP contribution in [0.1, 0.15) is 30.5 Å². The fourth-order valence-electron chi connectivity index (χ4n) is 2.84. The van der Waals surface area contributed by atoms with Gasteiger partial charge in [-0.1, -0.05) is 18.9 Å². The molecule has 0 aromatic carbocycles. The van der Waals surface area contributed by atoms with Gasteiger partial charge in [0.1, 0.15) is 12.5 Å². The van der Waals surface area contributed by atoms with Crippen LogP contribution in [0.3, 0.4) is 0 Å². The molecule has 1 saturated heterocycles. The molecule has 1 unspecified atom stereocenters. The summed E-state index contributed by atoms with van der Waals surface area (Å²) >= 11 is 0. The average Bonchev–Trinajstić information content (AvgIpc) is 3.23. The van der Waals surface area contributed by atoms with Gasteiger partial charge in [-0.25, -0.2) is 9.37 Å². The molecular weight excluding hydrogens is 241 g/mol. The smallest absolute Gasteiger partial charge is 0.128 e. The molecule has 2 fully saturated rings. The molecule has 1 aromatic heterocycles. The second-order valence-electron chi connectivity index (χ2n) is 5.82. The van der Waals surface area contributed by atoms with Crippen molar-refractivity contribution >= 4 is 5.82 Å². The van der Waals surface area contributed by atoms with E-state index < -0.39 is 6.67 Å². The summed E-state index contributed by atoms with van der Waals surface area (Å²) < 4.78 is 12.7. The molecule has 1 aliphatic carbocycles. The van der Waals surface area contributed by atoms with Gasteiger partial charge in [-0.05, 0) is 25.3 Å². The number of hydrogen-bond donors (Lipinski definition) is 1. The standard InChI is InChI=1S/C15H22FN3/c1-11-13(9-16)4-5-15(18-11)19-7-6-17-14(10-19)8-12-2-3-12/h4-5,12,14,17H,2-3,6-10H2,1H3.